The van der Waals surface area contributed by atoms with Gasteiger partial charge in [0.2, 0.25) is 5.91 Å². The van der Waals surface area contributed by atoms with Gasteiger partial charge in [0.15, 0.2) is 0 Å². The molecule has 0 aromatic carbocycles. The van der Waals surface area contributed by atoms with Gasteiger partial charge in [-0.3, -0.25) is 4.79 Å². The molecule has 0 spiro atoms. The van der Waals surface area contributed by atoms with Crippen LogP contribution in [-0.2, 0) is 4.79 Å². The second-order valence-corrected chi connectivity index (χ2v) is 8.68. The standard InChI is InChI=1S/C15H32BN3O2.C3H8.C2H6/c1-13(2,6-7-19-21)11-18-12(20)8-14(3,4)9-15(5,16)10-17;1-3-2;1-2/h19,21H,6-11,17H2,1-5H3,(H,18,20);3H2,1-2H3;1-2H3. The van der Waals surface area contributed by atoms with Gasteiger partial charge in [0.05, 0.1) is 7.85 Å². The molecule has 0 saturated carbocycles. The van der Waals surface area contributed by atoms with Crippen LogP contribution in [0, 0.1) is 10.8 Å². The molecule has 0 aliphatic carbocycles. The lowest BCUT2D eigenvalue weighted by Crippen LogP contribution is -2.38. The SMILES string of the molecule is CC.CCC.[B]C(C)(CN)CC(C)(C)CC(=O)NCC(C)(C)CCNO. The van der Waals surface area contributed by atoms with Crippen LogP contribution in [0.15, 0.2) is 0 Å². The number of amides is 1. The van der Waals surface area contributed by atoms with Crippen molar-refractivity contribution in [2.45, 2.75) is 93.3 Å². The summed E-state index contributed by atoms with van der Waals surface area (Å²) in [5.74, 6) is 0.0258. The number of nitrogens with one attached hydrogen (secondary N) is 2. The van der Waals surface area contributed by atoms with E-state index in [1.54, 1.807) is 0 Å². The fourth-order valence-corrected chi connectivity index (χ4v) is 2.55. The van der Waals surface area contributed by atoms with Crippen LogP contribution in [0.4, 0.5) is 0 Å². The quantitative estimate of drug-likeness (QED) is 0.345. The first kappa shape index (κ1) is 30.2. The highest BCUT2D eigenvalue weighted by Crippen LogP contribution is 2.38. The molecule has 5 N–H and O–H groups in total. The third-order valence-electron chi connectivity index (χ3n) is 3.67. The molecular weight excluding hydrogens is 325 g/mol. The van der Waals surface area contributed by atoms with E-state index in [9.17, 15) is 4.79 Å². The van der Waals surface area contributed by atoms with Crippen LogP contribution in [0.1, 0.15) is 88.0 Å². The third-order valence-corrected chi connectivity index (χ3v) is 3.67. The van der Waals surface area contributed by atoms with E-state index in [4.69, 9.17) is 18.8 Å². The van der Waals surface area contributed by atoms with E-state index in [-0.39, 0.29) is 16.7 Å². The van der Waals surface area contributed by atoms with E-state index in [2.05, 4.69) is 38.5 Å². The van der Waals surface area contributed by atoms with E-state index in [0.717, 1.165) is 6.42 Å². The zero-order chi connectivity index (χ0) is 21.4. The smallest absolute Gasteiger partial charge is 0.220 e. The van der Waals surface area contributed by atoms with Crippen LogP contribution in [-0.4, -0.2) is 38.6 Å². The van der Waals surface area contributed by atoms with Gasteiger partial charge in [-0.15, -0.1) is 0 Å². The van der Waals surface area contributed by atoms with Crippen molar-refractivity contribution in [2.24, 2.45) is 16.6 Å². The van der Waals surface area contributed by atoms with Crippen molar-refractivity contribution in [2.75, 3.05) is 19.6 Å². The summed E-state index contributed by atoms with van der Waals surface area (Å²) in [7, 11) is 6.09. The molecule has 0 saturated heterocycles. The molecule has 156 valence electrons. The van der Waals surface area contributed by atoms with Gasteiger partial charge in [0.1, 0.15) is 0 Å². The molecule has 0 heterocycles. The van der Waals surface area contributed by atoms with Gasteiger partial charge in [-0.1, -0.05) is 74.0 Å². The minimum atomic E-state index is -0.449. The van der Waals surface area contributed by atoms with Crippen LogP contribution in [0.25, 0.3) is 0 Å². The highest BCUT2D eigenvalue weighted by molar-refractivity contribution is 6.15. The molecule has 6 heteroatoms. The second-order valence-electron chi connectivity index (χ2n) is 8.68. The minimum absolute atomic E-state index is 0.0258. The first-order valence-electron chi connectivity index (χ1n) is 9.97. The number of hydrogen-bond donors (Lipinski definition) is 4. The Kier molecular flexibility index (Phi) is 17.9. The number of hydroxylamine groups is 1. The molecule has 0 aliphatic rings. The predicted molar refractivity (Wildman–Crippen MR) is 115 cm³/mol. The Morgan fingerprint density at radius 1 is 1.08 bits per heavy atom. The Balaban J connectivity index is -0.000000950. The van der Waals surface area contributed by atoms with Crippen molar-refractivity contribution >= 4 is 13.8 Å². The first-order valence-corrected chi connectivity index (χ1v) is 9.97. The molecule has 1 unspecified atom stereocenters. The fraction of sp³-hybridized carbons (Fsp3) is 0.950. The maximum absolute atomic E-state index is 12.1. The molecule has 1 atom stereocenters. The molecule has 0 fully saturated rings. The summed E-state index contributed by atoms with van der Waals surface area (Å²) in [6, 6.07) is 0. The monoisotopic (exact) mass is 371 g/mol. The Labute approximate surface area is 164 Å². The average Bonchev–Trinajstić information content (AvgIpc) is 2.52. The van der Waals surface area contributed by atoms with Crippen LogP contribution in [0.2, 0.25) is 5.31 Å². The Hall–Kier alpha value is -0.585. The van der Waals surface area contributed by atoms with Crippen LogP contribution >= 0.6 is 0 Å². The summed E-state index contributed by atoms with van der Waals surface area (Å²) >= 11 is 0. The number of carbonyl (C=O) groups excluding carboxylic acids is 1. The molecule has 1 amide bonds. The van der Waals surface area contributed by atoms with Gasteiger partial charge in [0, 0.05) is 19.5 Å². The minimum Gasteiger partial charge on any atom is -0.356 e. The number of rotatable bonds is 10. The normalized spacial score (nSPS) is 13.5. The Bertz CT molecular complexity index is 346. The molecule has 0 rings (SSSR count). The second kappa shape index (κ2) is 15.5. The van der Waals surface area contributed by atoms with Gasteiger partial charge >= 0.3 is 0 Å². The summed E-state index contributed by atoms with van der Waals surface area (Å²) < 4.78 is 0. The van der Waals surface area contributed by atoms with Crippen molar-refractivity contribution in [3.05, 3.63) is 0 Å². The van der Waals surface area contributed by atoms with Gasteiger partial charge in [-0.2, -0.15) is 0 Å². The van der Waals surface area contributed by atoms with Crippen LogP contribution in [0.5, 0.6) is 0 Å². The van der Waals surface area contributed by atoms with E-state index in [0.29, 0.717) is 32.5 Å². The van der Waals surface area contributed by atoms with Gasteiger partial charge in [-0.05, 0) is 30.2 Å². The van der Waals surface area contributed by atoms with Crippen molar-refractivity contribution in [1.82, 2.24) is 10.8 Å². The number of nitrogens with two attached hydrogens (primary N) is 1. The van der Waals surface area contributed by atoms with Gasteiger partial charge in [-0.25, -0.2) is 5.48 Å². The lowest BCUT2D eigenvalue weighted by molar-refractivity contribution is -0.123. The van der Waals surface area contributed by atoms with E-state index in [1.807, 2.05) is 34.6 Å². The van der Waals surface area contributed by atoms with Crippen molar-refractivity contribution < 1.29 is 10.0 Å². The molecule has 0 bridgehead atoms. The van der Waals surface area contributed by atoms with Crippen molar-refractivity contribution in [3.8, 4) is 0 Å². The maximum atomic E-state index is 12.1. The fourth-order valence-electron chi connectivity index (χ4n) is 2.55. The lowest BCUT2D eigenvalue weighted by Gasteiger charge is -2.34. The molecule has 0 aromatic heterocycles. The molecule has 2 radical (unpaired) electrons. The lowest BCUT2D eigenvalue weighted by atomic mass is 9.61. The molecule has 0 aliphatic heterocycles. The topological polar surface area (TPSA) is 87.4 Å². The van der Waals surface area contributed by atoms with E-state index in [1.165, 1.54) is 6.42 Å². The Morgan fingerprint density at radius 2 is 1.54 bits per heavy atom. The van der Waals surface area contributed by atoms with Gasteiger partial charge < -0.3 is 16.3 Å². The highest BCUT2D eigenvalue weighted by Gasteiger charge is 2.30. The summed E-state index contributed by atoms with van der Waals surface area (Å²) in [5, 5.41) is 11.2. The molecular formula is C20H46BN3O2. The summed E-state index contributed by atoms with van der Waals surface area (Å²) in [5.41, 5.74) is 7.55. The summed E-state index contributed by atoms with van der Waals surface area (Å²) in [4.78, 5) is 12.1. The van der Waals surface area contributed by atoms with Crippen molar-refractivity contribution in [1.29, 1.82) is 0 Å². The number of hydrogen-bond acceptors (Lipinski definition) is 4. The van der Waals surface area contributed by atoms with E-state index < -0.39 is 5.31 Å². The molecule has 26 heavy (non-hydrogen) atoms. The largest absolute Gasteiger partial charge is 0.356 e. The van der Waals surface area contributed by atoms with E-state index >= 15 is 0 Å². The molecule has 0 aromatic rings. The van der Waals surface area contributed by atoms with Crippen molar-refractivity contribution in [3.63, 3.8) is 0 Å². The van der Waals surface area contributed by atoms with Crippen LogP contribution in [0.3, 0.4) is 0 Å². The number of carbonyl (C=O) groups is 1. The predicted octanol–water partition coefficient (Wildman–Crippen LogP) is 4.05. The highest BCUT2D eigenvalue weighted by atomic mass is 16.5. The first-order chi connectivity index (χ1) is 11.8. The molecule has 5 nitrogen and oxygen atoms in total. The average molecular weight is 371 g/mol. The zero-order valence-corrected chi connectivity index (χ0v) is 19.0. The van der Waals surface area contributed by atoms with Gasteiger partial charge in [0.25, 0.3) is 0 Å². The zero-order valence-electron chi connectivity index (χ0n) is 19.0. The maximum Gasteiger partial charge on any atom is 0.220 e. The Morgan fingerprint density at radius 3 is 1.92 bits per heavy atom. The van der Waals surface area contributed by atoms with Crippen LogP contribution < -0.4 is 16.5 Å². The third kappa shape index (κ3) is 19.7. The summed E-state index contributed by atoms with van der Waals surface area (Å²) in [6.45, 7) is 19.8. The summed E-state index contributed by atoms with van der Waals surface area (Å²) in [6.07, 6.45) is 3.15.